The summed E-state index contributed by atoms with van der Waals surface area (Å²) in [6, 6.07) is 18.6. The molecule has 5 heteroatoms. The van der Waals surface area contributed by atoms with E-state index in [0.717, 1.165) is 38.0 Å². The van der Waals surface area contributed by atoms with Crippen molar-refractivity contribution in [3.8, 4) is 5.69 Å². The molecule has 0 unspecified atom stereocenters. The van der Waals surface area contributed by atoms with Gasteiger partial charge in [-0.2, -0.15) is 0 Å². The number of rotatable bonds is 4. The van der Waals surface area contributed by atoms with E-state index in [1.54, 1.807) is 10.9 Å². The van der Waals surface area contributed by atoms with Crippen molar-refractivity contribution >= 4 is 5.91 Å². The van der Waals surface area contributed by atoms with Crippen molar-refractivity contribution in [2.75, 3.05) is 13.1 Å². The van der Waals surface area contributed by atoms with Gasteiger partial charge >= 0.3 is 0 Å². The molecule has 1 fully saturated rings. The van der Waals surface area contributed by atoms with Gasteiger partial charge in [0.05, 0.1) is 11.9 Å². The SMILES string of the molecule is Cc1ccc(-n2cc(C(=O)N3CCC(Cc4ccccc4)CC3)nn2)cc1. The molecule has 0 radical (unpaired) electrons. The Hall–Kier alpha value is -2.95. The van der Waals surface area contributed by atoms with Gasteiger partial charge in [0.1, 0.15) is 0 Å². The van der Waals surface area contributed by atoms with Gasteiger partial charge in [0.2, 0.25) is 0 Å². The Balaban J connectivity index is 1.36. The molecule has 1 aromatic heterocycles. The van der Waals surface area contributed by atoms with Gasteiger partial charge < -0.3 is 4.90 Å². The highest BCUT2D eigenvalue weighted by Gasteiger charge is 2.25. The van der Waals surface area contributed by atoms with E-state index in [1.807, 2.05) is 36.1 Å². The highest BCUT2D eigenvalue weighted by Crippen LogP contribution is 2.22. The molecule has 1 amide bonds. The maximum absolute atomic E-state index is 12.8. The van der Waals surface area contributed by atoms with Crippen LogP contribution in [-0.4, -0.2) is 38.9 Å². The van der Waals surface area contributed by atoms with Crippen molar-refractivity contribution in [3.63, 3.8) is 0 Å². The Morgan fingerprint density at radius 1 is 1.04 bits per heavy atom. The molecule has 0 atom stereocenters. The number of piperidine rings is 1. The number of benzene rings is 2. The Labute approximate surface area is 159 Å². The lowest BCUT2D eigenvalue weighted by Crippen LogP contribution is -2.39. The van der Waals surface area contributed by atoms with Gasteiger partial charge in [0, 0.05) is 13.1 Å². The van der Waals surface area contributed by atoms with Gasteiger partial charge in [-0.15, -0.1) is 5.10 Å². The summed E-state index contributed by atoms with van der Waals surface area (Å²) >= 11 is 0. The van der Waals surface area contributed by atoms with Crippen molar-refractivity contribution < 1.29 is 4.79 Å². The molecule has 1 aliphatic heterocycles. The number of aromatic nitrogens is 3. The van der Waals surface area contributed by atoms with Crippen LogP contribution in [0.2, 0.25) is 0 Å². The monoisotopic (exact) mass is 360 g/mol. The largest absolute Gasteiger partial charge is 0.337 e. The average molecular weight is 360 g/mol. The number of hydrogen-bond acceptors (Lipinski definition) is 3. The van der Waals surface area contributed by atoms with E-state index in [2.05, 4.69) is 40.6 Å². The van der Waals surface area contributed by atoms with E-state index in [-0.39, 0.29) is 5.91 Å². The third-order valence-corrected chi connectivity index (χ3v) is 5.28. The first-order valence-electron chi connectivity index (χ1n) is 9.51. The normalized spacial score (nSPS) is 15.1. The summed E-state index contributed by atoms with van der Waals surface area (Å²) in [6.07, 6.45) is 4.88. The van der Waals surface area contributed by atoms with Crippen molar-refractivity contribution in [2.24, 2.45) is 5.92 Å². The number of carbonyl (C=O) groups excluding carboxylic acids is 1. The van der Waals surface area contributed by atoms with Gasteiger partial charge in [0.25, 0.3) is 5.91 Å². The molecular weight excluding hydrogens is 336 g/mol. The van der Waals surface area contributed by atoms with Gasteiger partial charge in [0.15, 0.2) is 5.69 Å². The first kappa shape index (κ1) is 17.5. The predicted octanol–water partition coefficient (Wildman–Crippen LogP) is 3.67. The first-order chi connectivity index (χ1) is 13.2. The second kappa shape index (κ2) is 7.74. The molecule has 27 heavy (non-hydrogen) atoms. The zero-order valence-corrected chi connectivity index (χ0v) is 15.6. The smallest absolute Gasteiger partial charge is 0.276 e. The van der Waals surface area contributed by atoms with E-state index in [9.17, 15) is 4.79 Å². The van der Waals surface area contributed by atoms with Crippen LogP contribution in [0.25, 0.3) is 5.69 Å². The fourth-order valence-electron chi connectivity index (χ4n) is 3.64. The average Bonchev–Trinajstić information content (AvgIpc) is 3.20. The lowest BCUT2D eigenvalue weighted by Gasteiger charge is -2.31. The molecule has 0 bridgehead atoms. The highest BCUT2D eigenvalue weighted by molar-refractivity contribution is 5.92. The van der Waals surface area contributed by atoms with Crippen molar-refractivity contribution in [1.29, 1.82) is 0 Å². The molecule has 0 saturated carbocycles. The van der Waals surface area contributed by atoms with Crippen molar-refractivity contribution in [1.82, 2.24) is 19.9 Å². The van der Waals surface area contributed by atoms with Crippen LogP contribution in [0, 0.1) is 12.8 Å². The quantitative estimate of drug-likeness (QED) is 0.713. The van der Waals surface area contributed by atoms with Crippen LogP contribution in [0.5, 0.6) is 0 Å². The zero-order valence-electron chi connectivity index (χ0n) is 15.6. The molecule has 0 N–H and O–H groups in total. The van der Waals surface area contributed by atoms with Gasteiger partial charge in [-0.05, 0) is 49.8 Å². The van der Waals surface area contributed by atoms with Gasteiger partial charge in [-0.1, -0.05) is 53.2 Å². The standard InChI is InChI=1S/C22H24N4O/c1-17-7-9-20(10-8-17)26-16-21(23-24-26)22(27)25-13-11-19(12-14-25)15-18-5-3-2-4-6-18/h2-10,16,19H,11-15H2,1H3. The zero-order chi connectivity index (χ0) is 18.6. The fraction of sp³-hybridized carbons (Fsp3) is 0.318. The number of nitrogens with zero attached hydrogens (tertiary/aromatic N) is 4. The molecule has 2 aromatic carbocycles. The van der Waals surface area contributed by atoms with E-state index >= 15 is 0 Å². The molecular formula is C22H24N4O. The number of aryl methyl sites for hydroxylation is 1. The number of likely N-dealkylation sites (tertiary alicyclic amines) is 1. The van der Waals surface area contributed by atoms with Crippen molar-refractivity contribution in [2.45, 2.75) is 26.2 Å². The Morgan fingerprint density at radius 3 is 2.44 bits per heavy atom. The van der Waals surface area contributed by atoms with Gasteiger partial charge in [-0.25, -0.2) is 4.68 Å². The Morgan fingerprint density at radius 2 is 1.74 bits per heavy atom. The van der Waals surface area contributed by atoms with Crippen LogP contribution in [0.3, 0.4) is 0 Å². The number of hydrogen-bond donors (Lipinski definition) is 0. The third-order valence-electron chi connectivity index (χ3n) is 5.28. The minimum Gasteiger partial charge on any atom is -0.337 e. The third kappa shape index (κ3) is 4.08. The van der Waals surface area contributed by atoms with E-state index < -0.39 is 0 Å². The Kier molecular flexibility index (Phi) is 5.01. The van der Waals surface area contributed by atoms with Crippen LogP contribution < -0.4 is 0 Å². The van der Waals surface area contributed by atoms with Crippen LogP contribution >= 0.6 is 0 Å². The molecule has 1 saturated heterocycles. The molecule has 0 aliphatic carbocycles. The van der Waals surface area contributed by atoms with E-state index in [1.165, 1.54) is 11.1 Å². The second-order valence-corrected chi connectivity index (χ2v) is 7.31. The fourth-order valence-corrected chi connectivity index (χ4v) is 3.64. The molecule has 0 spiro atoms. The molecule has 1 aliphatic rings. The predicted molar refractivity (Wildman–Crippen MR) is 105 cm³/mol. The minimum atomic E-state index is -0.0217. The molecule has 4 rings (SSSR count). The molecule has 2 heterocycles. The number of amides is 1. The maximum Gasteiger partial charge on any atom is 0.276 e. The minimum absolute atomic E-state index is 0.0217. The van der Waals surface area contributed by atoms with Crippen LogP contribution in [0.1, 0.15) is 34.5 Å². The Bertz CT molecular complexity index is 894. The van der Waals surface area contributed by atoms with E-state index in [4.69, 9.17) is 0 Å². The lowest BCUT2D eigenvalue weighted by atomic mass is 9.90. The molecule has 3 aromatic rings. The van der Waals surface area contributed by atoms with Gasteiger partial charge in [-0.3, -0.25) is 4.79 Å². The molecule has 5 nitrogen and oxygen atoms in total. The summed E-state index contributed by atoms with van der Waals surface area (Å²) in [4.78, 5) is 14.7. The summed E-state index contributed by atoms with van der Waals surface area (Å²) in [5, 5.41) is 8.22. The number of carbonyl (C=O) groups is 1. The highest BCUT2D eigenvalue weighted by atomic mass is 16.2. The molecule has 138 valence electrons. The summed E-state index contributed by atoms with van der Waals surface area (Å²) in [7, 11) is 0. The summed E-state index contributed by atoms with van der Waals surface area (Å²) < 4.78 is 1.66. The van der Waals surface area contributed by atoms with Crippen LogP contribution in [0.15, 0.2) is 60.8 Å². The summed E-state index contributed by atoms with van der Waals surface area (Å²) in [5.74, 6) is 0.617. The second-order valence-electron chi connectivity index (χ2n) is 7.31. The van der Waals surface area contributed by atoms with Crippen molar-refractivity contribution in [3.05, 3.63) is 77.6 Å². The van der Waals surface area contributed by atoms with E-state index in [0.29, 0.717) is 11.6 Å². The van der Waals surface area contributed by atoms with Crippen LogP contribution in [-0.2, 0) is 6.42 Å². The first-order valence-corrected chi connectivity index (χ1v) is 9.51. The van der Waals surface area contributed by atoms with Crippen LogP contribution in [0.4, 0.5) is 0 Å². The maximum atomic E-state index is 12.8. The summed E-state index contributed by atoms with van der Waals surface area (Å²) in [6.45, 7) is 3.61. The summed E-state index contributed by atoms with van der Waals surface area (Å²) in [5.41, 5.74) is 3.89. The topological polar surface area (TPSA) is 51.0 Å². The lowest BCUT2D eigenvalue weighted by molar-refractivity contribution is 0.0684.